The third-order valence-electron chi connectivity index (χ3n) is 4.26. The summed E-state index contributed by atoms with van der Waals surface area (Å²) in [6, 6.07) is 16.8. The summed E-state index contributed by atoms with van der Waals surface area (Å²) >= 11 is 0. The van der Waals surface area contributed by atoms with Crippen LogP contribution in [0.4, 0.5) is 0 Å². The number of fused-ring (bicyclic) bond motifs is 1. The van der Waals surface area contributed by atoms with Gasteiger partial charge in [0.05, 0.1) is 6.04 Å². The van der Waals surface area contributed by atoms with Crippen molar-refractivity contribution < 1.29 is 4.74 Å². The topological polar surface area (TPSA) is 35.2 Å². The lowest BCUT2D eigenvalue weighted by molar-refractivity contribution is 0.200. The van der Waals surface area contributed by atoms with Crippen LogP contribution in [0.1, 0.15) is 42.5 Å². The van der Waals surface area contributed by atoms with Gasteiger partial charge in [0.25, 0.3) is 0 Å². The molecule has 1 heterocycles. The minimum absolute atomic E-state index is 0.0453. The fraction of sp³-hybridized carbons (Fsp3) is 0.368. The van der Waals surface area contributed by atoms with Gasteiger partial charge in [-0.1, -0.05) is 55.8 Å². The highest BCUT2D eigenvalue weighted by molar-refractivity contribution is 5.38. The Bertz CT molecular complexity index is 566. The molecule has 1 aliphatic rings. The first-order valence-electron chi connectivity index (χ1n) is 7.87. The largest absolute Gasteiger partial charge is 0.488 e. The standard InChI is InChI=1S/C19H23NO/c1-2-3-6-14-9-11-15(12-10-14)19(20)18-13-16-7-4-5-8-17(16)21-18/h4-5,7-12,18-19H,2-3,6,13,20H2,1H3. The minimum Gasteiger partial charge on any atom is -0.488 e. The van der Waals surface area contributed by atoms with Gasteiger partial charge in [-0.3, -0.25) is 0 Å². The zero-order chi connectivity index (χ0) is 14.7. The Hall–Kier alpha value is -1.80. The van der Waals surface area contributed by atoms with E-state index in [0.717, 1.165) is 24.2 Å². The van der Waals surface area contributed by atoms with Crippen molar-refractivity contribution in [3.8, 4) is 5.75 Å². The van der Waals surface area contributed by atoms with Crippen molar-refractivity contribution in [1.82, 2.24) is 0 Å². The molecular weight excluding hydrogens is 258 g/mol. The molecule has 21 heavy (non-hydrogen) atoms. The highest BCUT2D eigenvalue weighted by Gasteiger charge is 2.28. The van der Waals surface area contributed by atoms with Crippen LogP contribution >= 0.6 is 0 Å². The van der Waals surface area contributed by atoms with Crippen LogP contribution in [0.2, 0.25) is 0 Å². The maximum Gasteiger partial charge on any atom is 0.123 e. The number of hydrogen-bond donors (Lipinski definition) is 1. The second kappa shape index (κ2) is 6.31. The molecule has 1 aliphatic heterocycles. The van der Waals surface area contributed by atoms with Gasteiger partial charge >= 0.3 is 0 Å². The van der Waals surface area contributed by atoms with Crippen LogP contribution in [0.15, 0.2) is 48.5 Å². The average Bonchev–Trinajstić information content (AvgIpc) is 2.96. The normalized spacial score (nSPS) is 18.1. The van der Waals surface area contributed by atoms with Gasteiger partial charge in [-0.05, 0) is 35.6 Å². The maximum absolute atomic E-state index is 6.40. The quantitative estimate of drug-likeness (QED) is 0.898. The molecule has 2 nitrogen and oxygen atoms in total. The molecular formula is C19H23NO. The molecule has 0 fully saturated rings. The third kappa shape index (κ3) is 3.11. The number of ether oxygens (including phenoxy) is 1. The van der Waals surface area contributed by atoms with Crippen LogP contribution in [-0.4, -0.2) is 6.10 Å². The van der Waals surface area contributed by atoms with Crippen molar-refractivity contribution in [2.45, 2.75) is 44.8 Å². The molecule has 0 amide bonds. The molecule has 2 aromatic carbocycles. The van der Waals surface area contributed by atoms with Crippen LogP contribution in [0.5, 0.6) is 5.75 Å². The molecule has 0 spiro atoms. The number of nitrogens with two attached hydrogens (primary N) is 1. The Morgan fingerprint density at radius 3 is 2.62 bits per heavy atom. The molecule has 2 N–H and O–H groups in total. The monoisotopic (exact) mass is 281 g/mol. The van der Waals surface area contributed by atoms with E-state index in [1.165, 1.54) is 24.0 Å². The number of rotatable bonds is 5. The van der Waals surface area contributed by atoms with E-state index >= 15 is 0 Å². The maximum atomic E-state index is 6.40. The summed E-state index contributed by atoms with van der Waals surface area (Å²) in [5.74, 6) is 0.984. The first kappa shape index (κ1) is 14.2. The van der Waals surface area contributed by atoms with E-state index < -0.39 is 0 Å². The SMILES string of the molecule is CCCCc1ccc(C(N)C2Cc3ccccc3O2)cc1. The Morgan fingerprint density at radius 1 is 1.14 bits per heavy atom. The van der Waals surface area contributed by atoms with E-state index in [1.54, 1.807) is 0 Å². The molecule has 0 saturated carbocycles. The van der Waals surface area contributed by atoms with E-state index in [0.29, 0.717) is 0 Å². The number of unbranched alkanes of at least 4 members (excludes halogenated alkanes) is 1. The second-order valence-corrected chi connectivity index (χ2v) is 5.84. The Morgan fingerprint density at radius 2 is 1.90 bits per heavy atom. The predicted octanol–water partition coefficient (Wildman–Crippen LogP) is 4.03. The van der Waals surface area contributed by atoms with Crippen molar-refractivity contribution in [2.75, 3.05) is 0 Å². The lowest BCUT2D eigenvalue weighted by atomic mass is 9.97. The highest BCUT2D eigenvalue weighted by Crippen LogP contribution is 2.33. The molecule has 0 aliphatic carbocycles. The van der Waals surface area contributed by atoms with Crippen molar-refractivity contribution >= 4 is 0 Å². The molecule has 0 aromatic heterocycles. The van der Waals surface area contributed by atoms with E-state index in [2.05, 4.69) is 43.3 Å². The van der Waals surface area contributed by atoms with Gasteiger partial charge < -0.3 is 10.5 Å². The van der Waals surface area contributed by atoms with Crippen molar-refractivity contribution in [3.05, 3.63) is 65.2 Å². The van der Waals surface area contributed by atoms with Gasteiger partial charge in [0.2, 0.25) is 0 Å². The Kier molecular flexibility index (Phi) is 4.26. The third-order valence-corrected chi connectivity index (χ3v) is 4.26. The molecule has 2 unspecified atom stereocenters. The van der Waals surface area contributed by atoms with Crippen LogP contribution in [-0.2, 0) is 12.8 Å². The molecule has 2 aromatic rings. The molecule has 0 saturated heterocycles. The first-order valence-corrected chi connectivity index (χ1v) is 7.87. The van der Waals surface area contributed by atoms with Crippen LogP contribution in [0.3, 0.4) is 0 Å². The molecule has 3 rings (SSSR count). The number of benzene rings is 2. The van der Waals surface area contributed by atoms with E-state index in [9.17, 15) is 0 Å². The van der Waals surface area contributed by atoms with E-state index in [-0.39, 0.29) is 12.1 Å². The van der Waals surface area contributed by atoms with Gasteiger partial charge in [0.1, 0.15) is 11.9 Å². The van der Waals surface area contributed by atoms with Gasteiger partial charge in [-0.25, -0.2) is 0 Å². The van der Waals surface area contributed by atoms with Crippen LogP contribution in [0.25, 0.3) is 0 Å². The number of para-hydroxylation sites is 1. The summed E-state index contributed by atoms with van der Waals surface area (Å²) in [4.78, 5) is 0. The highest BCUT2D eigenvalue weighted by atomic mass is 16.5. The van der Waals surface area contributed by atoms with Crippen molar-refractivity contribution in [2.24, 2.45) is 5.73 Å². The zero-order valence-electron chi connectivity index (χ0n) is 12.6. The summed E-state index contributed by atoms with van der Waals surface area (Å²) in [5.41, 5.74) is 10.2. The fourth-order valence-corrected chi connectivity index (χ4v) is 2.91. The minimum atomic E-state index is -0.0716. The summed E-state index contributed by atoms with van der Waals surface area (Å²) in [6.07, 6.45) is 4.57. The molecule has 2 heteroatoms. The Balaban J connectivity index is 1.67. The fourth-order valence-electron chi connectivity index (χ4n) is 2.91. The van der Waals surface area contributed by atoms with Gasteiger partial charge in [-0.15, -0.1) is 0 Å². The molecule has 110 valence electrons. The second-order valence-electron chi connectivity index (χ2n) is 5.84. The van der Waals surface area contributed by atoms with Crippen molar-refractivity contribution in [3.63, 3.8) is 0 Å². The molecule has 0 radical (unpaired) electrons. The van der Waals surface area contributed by atoms with Gasteiger partial charge in [-0.2, -0.15) is 0 Å². The van der Waals surface area contributed by atoms with Gasteiger partial charge in [0.15, 0.2) is 0 Å². The summed E-state index contributed by atoms with van der Waals surface area (Å²) in [6.45, 7) is 2.22. The molecule has 2 atom stereocenters. The summed E-state index contributed by atoms with van der Waals surface area (Å²) < 4.78 is 5.99. The Labute approximate surface area is 126 Å². The number of hydrogen-bond acceptors (Lipinski definition) is 2. The van der Waals surface area contributed by atoms with E-state index in [1.807, 2.05) is 12.1 Å². The van der Waals surface area contributed by atoms with Crippen LogP contribution < -0.4 is 10.5 Å². The van der Waals surface area contributed by atoms with Crippen LogP contribution in [0, 0.1) is 0 Å². The lowest BCUT2D eigenvalue weighted by Crippen LogP contribution is -2.29. The predicted molar refractivity (Wildman–Crippen MR) is 86.5 cm³/mol. The van der Waals surface area contributed by atoms with Crippen molar-refractivity contribution in [1.29, 1.82) is 0 Å². The van der Waals surface area contributed by atoms with E-state index in [4.69, 9.17) is 10.5 Å². The number of aryl methyl sites for hydroxylation is 1. The van der Waals surface area contributed by atoms with Gasteiger partial charge in [0, 0.05) is 6.42 Å². The first-order chi connectivity index (χ1) is 10.3. The summed E-state index contributed by atoms with van der Waals surface area (Å²) in [7, 11) is 0. The lowest BCUT2D eigenvalue weighted by Gasteiger charge is -2.19. The summed E-state index contributed by atoms with van der Waals surface area (Å²) in [5, 5.41) is 0. The smallest absolute Gasteiger partial charge is 0.123 e. The zero-order valence-corrected chi connectivity index (χ0v) is 12.6. The average molecular weight is 281 g/mol. The molecule has 0 bridgehead atoms.